The number of H-pyrrole nitrogens is 1. The van der Waals surface area contributed by atoms with Gasteiger partial charge in [0.1, 0.15) is 12.3 Å². The van der Waals surface area contributed by atoms with E-state index in [9.17, 15) is 9.90 Å². The molecular weight excluding hydrogens is 474 g/mol. The van der Waals surface area contributed by atoms with Crippen LogP contribution >= 0.6 is 0 Å². The molecule has 0 unspecified atom stereocenters. The van der Waals surface area contributed by atoms with Crippen LogP contribution in [0.4, 0.5) is 5.95 Å². The second-order valence-corrected chi connectivity index (χ2v) is 14.5. The first-order valence-corrected chi connectivity index (χ1v) is 13.9. The lowest BCUT2D eigenvalue weighted by atomic mass is 10.2. The Kier molecular flexibility index (Phi) is 6.29. The van der Waals surface area contributed by atoms with Crippen molar-refractivity contribution in [3.05, 3.63) is 77.3 Å². The number of aliphatic hydroxyl groups is 1. The van der Waals surface area contributed by atoms with Crippen LogP contribution in [-0.2, 0) is 9.16 Å². The minimum atomic E-state index is -2.78. The van der Waals surface area contributed by atoms with Gasteiger partial charge in [-0.2, -0.15) is 4.98 Å². The summed E-state index contributed by atoms with van der Waals surface area (Å²) in [7, 11) is -2.78. The quantitative estimate of drug-likeness (QED) is 0.342. The van der Waals surface area contributed by atoms with Gasteiger partial charge in [-0.15, -0.1) is 0 Å². The fourth-order valence-corrected chi connectivity index (χ4v) is 9.73. The molecule has 2 aromatic carbocycles. The van der Waals surface area contributed by atoms with Gasteiger partial charge in [-0.1, -0.05) is 81.4 Å². The molecule has 1 aliphatic heterocycles. The lowest BCUT2D eigenvalue weighted by Gasteiger charge is -2.43. The number of fused-ring (bicyclic) bond motifs is 1. The monoisotopic (exact) mass is 505 g/mol. The SMILES string of the molecule is CC(C)(C)[Si](OC[C@@H]1O[C@H](n2cnc3c(=O)[nH]c(N)nc32)C[C@@H]1O)(c1ccccc1)c1ccccc1. The summed E-state index contributed by atoms with van der Waals surface area (Å²) in [4.78, 5) is 23.0. The molecule has 1 fully saturated rings. The van der Waals surface area contributed by atoms with Gasteiger partial charge in [0, 0.05) is 6.42 Å². The molecule has 36 heavy (non-hydrogen) atoms. The summed E-state index contributed by atoms with van der Waals surface area (Å²) < 4.78 is 14.9. The third-order valence-corrected chi connectivity index (χ3v) is 11.9. The van der Waals surface area contributed by atoms with E-state index < -0.39 is 32.3 Å². The molecule has 3 heterocycles. The number of imidazole rings is 1. The Morgan fingerprint density at radius 1 is 1.14 bits per heavy atom. The van der Waals surface area contributed by atoms with Gasteiger partial charge in [0.05, 0.1) is 19.0 Å². The second kappa shape index (κ2) is 9.29. The van der Waals surface area contributed by atoms with Crippen molar-refractivity contribution in [3.63, 3.8) is 0 Å². The molecule has 1 aliphatic rings. The molecule has 1 saturated heterocycles. The van der Waals surface area contributed by atoms with Crippen LogP contribution in [0, 0.1) is 0 Å². The molecule has 0 spiro atoms. The van der Waals surface area contributed by atoms with Crippen LogP contribution in [-0.4, -0.2) is 51.8 Å². The number of hydrogen-bond acceptors (Lipinski definition) is 7. The van der Waals surface area contributed by atoms with Gasteiger partial charge in [-0.25, -0.2) is 4.98 Å². The van der Waals surface area contributed by atoms with Gasteiger partial charge in [0.2, 0.25) is 5.95 Å². The van der Waals surface area contributed by atoms with Crippen molar-refractivity contribution in [1.82, 2.24) is 19.5 Å². The number of aliphatic hydroxyl groups excluding tert-OH is 1. The first-order valence-electron chi connectivity index (χ1n) is 12.0. The number of anilines is 1. The number of aromatic amines is 1. The number of nitrogens with zero attached hydrogens (tertiary/aromatic N) is 3. The lowest BCUT2D eigenvalue weighted by Crippen LogP contribution is -2.67. The first kappa shape index (κ1) is 24.4. The number of nitrogens with one attached hydrogen (secondary N) is 1. The molecule has 5 rings (SSSR count). The molecule has 4 N–H and O–H groups in total. The highest BCUT2D eigenvalue weighted by Crippen LogP contribution is 2.38. The Bertz CT molecular complexity index is 1360. The van der Waals surface area contributed by atoms with E-state index in [0.717, 1.165) is 10.4 Å². The summed E-state index contributed by atoms with van der Waals surface area (Å²) in [6.07, 6.45) is -0.0612. The van der Waals surface area contributed by atoms with Crippen LogP contribution in [0.2, 0.25) is 5.04 Å². The number of ether oxygens (including phenoxy) is 1. The number of nitrogens with two attached hydrogens (primary N) is 1. The standard InChI is InChI=1S/C26H31N5O4Si/c1-26(2,3)36(17-10-6-4-7-11-17,18-12-8-5-9-13-18)34-15-20-19(32)14-21(35-20)31-16-28-22-23(31)29-25(27)30-24(22)33/h4-13,16,19-21,32H,14-15H2,1-3H3,(H3,27,29,30,33)/t19-,20-,21-/m0/s1. The Morgan fingerprint density at radius 2 is 1.75 bits per heavy atom. The van der Waals surface area contributed by atoms with Crippen molar-refractivity contribution in [2.45, 2.75) is 50.7 Å². The van der Waals surface area contributed by atoms with E-state index in [4.69, 9.17) is 14.9 Å². The zero-order chi connectivity index (χ0) is 25.5. The number of aromatic nitrogens is 4. The molecule has 0 radical (unpaired) electrons. The maximum Gasteiger partial charge on any atom is 0.280 e. The maximum absolute atomic E-state index is 12.2. The van der Waals surface area contributed by atoms with E-state index in [1.54, 1.807) is 4.57 Å². The topological polar surface area (TPSA) is 128 Å². The molecule has 9 nitrogen and oxygen atoms in total. The summed E-state index contributed by atoms with van der Waals surface area (Å²) in [6, 6.07) is 20.7. The van der Waals surface area contributed by atoms with Crippen molar-refractivity contribution < 1.29 is 14.3 Å². The largest absolute Gasteiger partial charge is 0.405 e. The molecule has 3 atom stereocenters. The van der Waals surface area contributed by atoms with Crippen LogP contribution in [0.3, 0.4) is 0 Å². The number of rotatable bonds is 6. The van der Waals surface area contributed by atoms with Crippen LogP contribution in [0.1, 0.15) is 33.4 Å². The van der Waals surface area contributed by atoms with E-state index in [-0.39, 0.29) is 23.1 Å². The molecule has 10 heteroatoms. The third kappa shape index (κ3) is 4.15. The summed E-state index contributed by atoms with van der Waals surface area (Å²) in [5, 5.41) is 13.1. The molecule has 2 aromatic heterocycles. The molecule has 4 aromatic rings. The maximum atomic E-state index is 12.2. The smallest absolute Gasteiger partial charge is 0.280 e. The van der Waals surface area contributed by atoms with Crippen LogP contribution in [0.5, 0.6) is 0 Å². The van der Waals surface area contributed by atoms with Gasteiger partial charge in [0.25, 0.3) is 13.9 Å². The highest BCUT2D eigenvalue weighted by Gasteiger charge is 2.51. The summed E-state index contributed by atoms with van der Waals surface area (Å²) >= 11 is 0. The van der Waals surface area contributed by atoms with Crippen molar-refractivity contribution in [2.24, 2.45) is 0 Å². The fourth-order valence-electron chi connectivity index (χ4n) is 5.16. The normalized spacial score (nSPS) is 20.7. The Labute approximate surface area is 210 Å². The number of benzene rings is 2. The summed E-state index contributed by atoms with van der Waals surface area (Å²) in [6.45, 7) is 6.84. The van der Waals surface area contributed by atoms with Gasteiger partial charge in [0.15, 0.2) is 11.2 Å². The predicted octanol–water partition coefficient (Wildman–Crippen LogP) is 1.93. The van der Waals surface area contributed by atoms with Crippen molar-refractivity contribution >= 4 is 35.8 Å². The van der Waals surface area contributed by atoms with Crippen molar-refractivity contribution in [3.8, 4) is 0 Å². The second-order valence-electron chi connectivity index (χ2n) is 10.2. The first-order chi connectivity index (χ1) is 17.2. The fraction of sp³-hybridized carbons (Fsp3) is 0.346. The molecule has 188 valence electrons. The average molecular weight is 506 g/mol. The molecule has 0 aliphatic carbocycles. The van der Waals surface area contributed by atoms with E-state index in [0.29, 0.717) is 12.1 Å². The van der Waals surface area contributed by atoms with Crippen LogP contribution < -0.4 is 21.7 Å². The van der Waals surface area contributed by atoms with Gasteiger partial charge >= 0.3 is 0 Å². The average Bonchev–Trinajstić information content (AvgIpc) is 3.43. The van der Waals surface area contributed by atoms with Crippen molar-refractivity contribution in [2.75, 3.05) is 12.3 Å². The minimum absolute atomic E-state index is 0.000591. The highest BCUT2D eigenvalue weighted by atomic mass is 28.4. The van der Waals surface area contributed by atoms with E-state index in [1.165, 1.54) is 6.33 Å². The highest BCUT2D eigenvalue weighted by molar-refractivity contribution is 6.99. The van der Waals surface area contributed by atoms with Gasteiger partial charge < -0.3 is 20.0 Å². The zero-order valence-electron chi connectivity index (χ0n) is 20.6. The molecule has 0 bridgehead atoms. The molecular formula is C26H31N5O4Si. The number of hydrogen-bond donors (Lipinski definition) is 3. The van der Waals surface area contributed by atoms with Crippen LogP contribution in [0.25, 0.3) is 11.2 Å². The Morgan fingerprint density at radius 3 is 2.33 bits per heavy atom. The third-order valence-electron chi connectivity index (χ3n) is 6.85. The van der Waals surface area contributed by atoms with Crippen molar-refractivity contribution in [1.29, 1.82) is 0 Å². The lowest BCUT2D eigenvalue weighted by molar-refractivity contribution is -0.0398. The van der Waals surface area contributed by atoms with E-state index in [1.807, 2.05) is 36.4 Å². The van der Waals surface area contributed by atoms with E-state index in [2.05, 4.69) is 60.0 Å². The minimum Gasteiger partial charge on any atom is -0.405 e. The summed E-state index contributed by atoms with van der Waals surface area (Å²) in [5.74, 6) is -0.000591. The number of nitrogen functional groups attached to an aromatic ring is 1. The van der Waals surface area contributed by atoms with Gasteiger partial charge in [-0.3, -0.25) is 14.3 Å². The Balaban J connectivity index is 1.46. The predicted molar refractivity (Wildman–Crippen MR) is 141 cm³/mol. The summed E-state index contributed by atoms with van der Waals surface area (Å²) in [5.41, 5.74) is 5.82. The van der Waals surface area contributed by atoms with Crippen LogP contribution in [0.15, 0.2) is 71.8 Å². The zero-order valence-corrected chi connectivity index (χ0v) is 21.6. The van der Waals surface area contributed by atoms with E-state index >= 15 is 0 Å². The Hall–Kier alpha value is -3.31. The molecule has 0 saturated carbocycles. The van der Waals surface area contributed by atoms with Gasteiger partial charge in [-0.05, 0) is 15.4 Å². The molecule has 0 amide bonds.